The van der Waals surface area contributed by atoms with Gasteiger partial charge in [-0.15, -0.1) is 11.3 Å². The van der Waals surface area contributed by atoms with Crippen LogP contribution >= 0.6 is 11.3 Å². The highest BCUT2D eigenvalue weighted by atomic mass is 32.1. The number of benzene rings is 1. The van der Waals surface area contributed by atoms with Gasteiger partial charge < -0.3 is 15.3 Å². The van der Waals surface area contributed by atoms with Crippen molar-refractivity contribution in [2.45, 2.75) is 19.8 Å². The lowest BCUT2D eigenvalue weighted by Gasteiger charge is -2.26. The SMILES string of the molecule is Cc1nc(CCNC(=O)N2CC=C(c3ccc(O)cc3)CC2)cs1. The van der Waals surface area contributed by atoms with Gasteiger partial charge in [0.25, 0.3) is 0 Å². The molecule has 2 N–H and O–H groups in total. The number of nitrogens with zero attached hydrogens (tertiary/aromatic N) is 2. The van der Waals surface area contributed by atoms with Crippen LogP contribution < -0.4 is 5.32 Å². The highest BCUT2D eigenvalue weighted by molar-refractivity contribution is 7.09. The molecule has 5 nitrogen and oxygen atoms in total. The van der Waals surface area contributed by atoms with E-state index in [1.54, 1.807) is 23.5 Å². The number of phenols is 1. The normalized spacial score (nSPS) is 14.4. The van der Waals surface area contributed by atoms with Gasteiger partial charge in [0.15, 0.2) is 0 Å². The van der Waals surface area contributed by atoms with Crippen molar-refractivity contribution in [2.24, 2.45) is 0 Å². The quantitative estimate of drug-likeness (QED) is 0.896. The van der Waals surface area contributed by atoms with E-state index in [0.29, 0.717) is 19.6 Å². The van der Waals surface area contributed by atoms with Gasteiger partial charge in [-0.1, -0.05) is 18.2 Å². The third kappa shape index (κ3) is 4.14. The Bertz CT molecular complexity index is 737. The topological polar surface area (TPSA) is 65.5 Å². The van der Waals surface area contributed by atoms with Crippen LogP contribution in [0.25, 0.3) is 5.57 Å². The zero-order valence-electron chi connectivity index (χ0n) is 13.7. The third-order valence-electron chi connectivity index (χ3n) is 4.06. The molecule has 1 aliphatic rings. The van der Waals surface area contributed by atoms with Crippen molar-refractivity contribution >= 4 is 22.9 Å². The second-order valence-corrected chi connectivity index (χ2v) is 6.87. The second-order valence-electron chi connectivity index (χ2n) is 5.81. The molecule has 1 aromatic heterocycles. The summed E-state index contributed by atoms with van der Waals surface area (Å²) in [7, 11) is 0. The van der Waals surface area contributed by atoms with Crippen LogP contribution in [0, 0.1) is 6.92 Å². The molecular formula is C18H21N3O2S. The molecule has 0 saturated carbocycles. The summed E-state index contributed by atoms with van der Waals surface area (Å²) in [5.74, 6) is 0.270. The molecule has 6 heteroatoms. The zero-order valence-corrected chi connectivity index (χ0v) is 14.5. The molecule has 0 saturated heterocycles. The fourth-order valence-electron chi connectivity index (χ4n) is 2.72. The lowest BCUT2D eigenvalue weighted by atomic mass is 9.99. The molecule has 2 amide bonds. The van der Waals surface area contributed by atoms with Crippen LogP contribution in [-0.2, 0) is 6.42 Å². The molecule has 0 radical (unpaired) electrons. The summed E-state index contributed by atoms with van der Waals surface area (Å²) in [5.41, 5.74) is 3.36. The largest absolute Gasteiger partial charge is 0.508 e. The minimum atomic E-state index is -0.0250. The number of aryl methyl sites for hydroxylation is 1. The van der Waals surface area contributed by atoms with Gasteiger partial charge in [-0.05, 0) is 36.6 Å². The average molecular weight is 343 g/mol. The number of hydrogen-bond donors (Lipinski definition) is 2. The van der Waals surface area contributed by atoms with E-state index >= 15 is 0 Å². The number of amides is 2. The van der Waals surface area contributed by atoms with E-state index in [0.717, 1.165) is 29.1 Å². The molecule has 1 aromatic carbocycles. The monoisotopic (exact) mass is 343 g/mol. The first kappa shape index (κ1) is 16.5. The van der Waals surface area contributed by atoms with Crippen LogP contribution in [0.4, 0.5) is 4.79 Å². The molecular weight excluding hydrogens is 322 g/mol. The Morgan fingerprint density at radius 3 is 2.79 bits per heavy atom. The lowest BCUT2D eigenvalue weighted by molar-refractivity contribution is 0.203. The maximum absolute atomic E-state index is 12.2. The minimum absolute atomic E-state index is 0.0250. The van der Waals surface area contributed by atoms with E-state index in [4.69, 9.17) is 0 Å². The predicted octanol–water partition coefficient (Wildman–Crippen LogP) is 3.20. The highest BCUT2D eigenvalue weighted by Gasteiger charge is 2.17. The number of carbonyl (C=O) groups excluding carboxylic acids is 1. The lowest BCUT2D eigenvalue weighted by Crippen LogP contribution is -2.42. The van der Waals surface area contributed by atoms with Crippen molar-refractivity contribution in [3.63, 3.8) is 0 Å². The van der Waals surface area contributed by atoms with Crippen molar-refractivity contribution < 1.29 is 9.90 Å². The number of thiazole rings is 1. The number of phenolic OH excluding ortho intramolecular Hbond substituents is 1. The van der Waals surface area contributed by atoms with E-state index in [1.165, 1.54) is 5.57 Å². The van der Waals surface area contributed by atoms with Gasteiger partial charge >= 0.3 is 6.03 Å². The van der Waals surface area contributed by atoms with Gasteiger partial charge in [-0.3, -0.25) is 0 Å². The number of urea groups is 1. The number of rotatable bonds is 4. The van der Waals surface area contributed by atoms with Crippen LogP contribution in [0.5, 0.6) is 5.75 Å². The Hall–Kier alpha value is -2.34. The van der Waals surface area contributed by atoms with Gasteiger partial charge in [0.1, 0.15) is 5.75 Å². The summed E-state index contributed by atoms with van der Waals surface area (Å²) >= 11 is 1.63. The predicted molar refractivity (Wildman–Crippen MR) is 96.2 cm³/mol. The van der Waals surface area contributed by atoms with E-state index in [2.05, 4.69) is 16.4 Å². The minimum Gasteiger partial charge on any atom is -0.508 e. The number of nitrogens with one attached hydrogen (secondary N) is 1. The smallest absolute Gasteiger partial charge is 0.317 e. The molecule has 0 aliphatic carbocycles. The fourth-order valence-corrected chi connectivity index (χ4v) is 3.37. The third-order valence-corrected chi connectivity index (χ3v) is 4.88. The van der Waals surface area contributed by atoms with Crippen molar-refractivity contribution in [3.05, 3.63) is 52.0 Å². The summed E-state index contributed by atoms with van der Waals surface area (Å²) in [6, 6.07) is 7.17. The number of carbonyl (C=O) groups is 1. The van der Waals surface area contributed by atoms with Crippen molar-refractivity contribution in [3.8, 4) is 5.75 Å². The van der Waals surface area contributed by atoms with Crippen LogP contribution in [0.3, 0.4) is 0 Å². The number of hydrogen-bond acceptors (Lipinski definition) is 4. The van der Waals surface area contributed by atoms with Crippen LogP contribution in [-0.4, -0.2) is 40.7 Å². The summed E-state index contributed by atoms with van der Waals surface area (Å²) in [6.45, 7) is 3.90. The van der Waals surface area contributed by atoms with E-state index in [9.17, 15) is 9.90 Å². The first-order valence-electron chi connectivity index (χ1n) is 8.04. The standard InChI is InChI=1S/C18H21N3O2S/c1-13-20-16(12-24-13)6-9-19-18(23)21-10-7-15(8-11-21)14-2-4-17(22)5-3-14/h2-5,7,12,22H,6,8-11H2,1H3,(H,19,23). The highest BCUT2D eigenvalue weighted by Crippen LogP contribution is 2.23. The summed E-state index contributed by atoms with van der Waals surface area (Å²) in [6.07, 6.45) is 3.67. The Morgan fingerprint density at radius 2 is 2.17 bits per heavy atom. The molecule has 126 valence electrons. The molecule has 0 spiro atoms. The van der Waals surface area contributed by atoms with Crippen LogP contribution in [0.1, 0.15) is 22.7 Å². The first-order valence-corrected chi connectivity index (χ1v) is 8.92. The molecule has 1 aliphatic heterocycles. The first-order chi connectivity index (χ1) is 11.6. The summed E-state index contributed by atoms with van der Waals surface area (Å²) in [5, 5.41) is 15.4. The molecule has 0 fully saturated rings. The Kier molecular flexibility index (Phi) is 5.15. The van der Waals surface area contributed by atoms with Gasteiger partial charge in [-0.2, -0.15) is 0 Å². The van der Waals surface area contributed by atoms with E-state index < -0.39 is 0 Å². The molecule has 3 rings (SSSR count). The zero-order chi connectivity index (χ0) is 16.9. The Balaban J connectivity index is 1.48. The Labute approximate surface area is 145 Å². The molecule has 0 atom stereocenters. The number of aromatic nitrogens is 1. The summed E-state index contributed by atoms with van der Waals surface area (Å²) < 4.78 is 0. The molecule has 0 bridgehead atoms. The maximum Gasteiger partial charge on any atom is 0.317 e. The fraction of sp³-hybridized carbons (Fsp3) is 0.333. The molecule has 24 heavy (non-hydrogen) atoms. The average Bonchev–Trinajstić information content (AvgIpc) is 3.01. The molecule has 2 aromatic rings. The van der Waals surface area contributed by atoms with Gasteiger partial charge in [0, 0.05) is 31.4 Å². The second kappa shape index (κ2) is 7.49. The number of aromatic hydroxyl groups is 1. The van der Waals surface area contributed by atoms with Gasteiger partial charge in [-0.25, -0.2) is 9.78 Å². The van der Waals surface area contributed by atoms with Gasteiger partial charge in [0.2, 0.25) is 0 Å². The van der Waals surface area contributed by atoms with E-state index in [1.807, 2.05) is 29.3 Å². The molecule has 0 unspecified atom stereocenters. The van der Waals surface area contributed by atoms with Crippen molar-refractivity contribution in [1.29, 1.82) is 0 Å². The maximum atomic E-state index is 12.2. The van der Waals surface area contributed by atoms with Crippen molar-refractivity contribution in [1.82, 2.24) is 15.2 Å². The Morgan fingerprint density at radius 1 is 1.38 bits per heavy atom. The van der Waals surface area contributed by atoms with Crippen LogP contribution in [0.15, 0.2) is 35.7 Å². The van der Waals surface area contributed by atoms with Crippen LogP contribution in [0.2, 0.25) is 0 Å². The summed E-state index contributed by atoms with van der Waals surface area (Å²) in [4.78, 5) is 18.4. The van der Waals surface area contributed by atoms with Crippen molar-refractivity contribution in [2.75, 3.05) is 19.6 Å². The van der Waals surface area contributed by atoms with Gasteiger partial charge in [0.05, 0.1) is 10.7 Å². The van der Waals surface area contributed by atoms with E-state index in [-0.39, 0.29) is 11.8 Å². The molecule has 2 heterocycles.